The summed E-state index contributed by atoms with van der Waals surface area (Å²) in [7, 11) is 0. The summed E-state index contributed by atoms with van der Waals surface area (Å²) < 4.78 is 184. The normalized spacial score (nSPS) is 15.7. The molecule has 16 heteroatoms. The number of hydrogen-bond acceptors (Lipinski definition) is 1. The fourth-order valence-corrected chi connectivity index (χ4v) is 1.71. The van der Waals surface area contributed by atoms with Crippen molar-refractivity contribution in [3.8, 4) is 0 Å². The van der Waals surface area contributed by atoms with E-state index in [0.29, 0.717) is 0 Å². The molecule has 0 amide bonds. The molecule has 168 valence electrons. The average molecular weight is 452 g/mol. The first-order valence-corrected chi connectivity index (χ1v) is 6.88. The Bertz CT molecular complexity index is 583. The van der Waals surface area contributed by atoms with Gasteiger partial charge in [-0.3, -0.25) is 0 Å². The van der Waals surface area contributed by atoms with E-state index in [4.69, 9.17) is 5.11 Å². The fraction of sp³-hybridized carbons (Fsp3) is 0.917. The third kappa shape index (κ3) is 3.35. The van der Waals surface area contributed by atoms with Crippen LogP contribution in [0.2, 0.25) is 0 Å². The summed E-state index contributed by atoms with van der Waals surface area (Å²) in [6, 6.07) is 0. The molecule has 0 aromatic carbocycles. The monoisotopic (exact) mass is 452 g/mol. The molecular formula is C12H10F14O2. The van der Waals surface area contributed by atoms with Gasteiger partial charge in [0, 0.05) is 6.42 Å². The molecule has 2 nitrogen and oxygen atoms in total. The van der Waals surface area contributed by atoms with Crippen LogP contribution in [0.15, 0.2) is 0 Å². The van der Waals surface area contributed by atoms with E-state index in [9.17, 15) is 66.3 Å². The highest BCUT2D eigenvalue weighted by Crippen LogP contribution is 2.62. The van der Waals surface area contributed by atoms with Gasteiger partial charge in [0.1, 0.15) is 0 Å². The lowest BCUT2D eigenvalue weighted by atomic mass is 9.88. The van der Waals surface area contributed by atoms with Crippen LogP contribution in [-0.4, -0.2) is 52.5 Å². The van der Waals surface area contributed by atoms with Crippen LogP contribution in [0.5, 0.6) is 0 Å². The molecule has 0 saturated carbocycles. The van der Waals surface area contributed by atoms with Gasteiger partial charge in [0.2, 0.25) is 0 Å². The van der Waals surface area contributed by atoms with E-state index in [1.165, 1.54) is 0 Å². The topological polar surface area (TPSA) is 37.3 Å². The van der Waals surface area contributed by atoms with Crippen molar-refractivity contribution in [1.82, 2.24) is 0 Å². The highest BCUT2D eigenvalue weighted by Gasteiger charge is 2.93. The second kappa shape index (κ2) is 7.07. The maximum atomic E-state index is 13.3. The Labute approximate surface area is 146 Å². The van der Waals surface area contributed by atoms with Crippen molar-refractivity contribution in [3.63, 3.8) is 0 Å². The molecule has 0 aromatic heterocycles. The molecule has 0 spiro atoms. The van der Waals surface area contributed by atoms with Crippen LogP contribution in [-0.2, 0) is 4.79 Å². The smallest absolute Gasteiger partial charge is 0.410 e. The number of halogens is 14. The Balaban J connectivity index is 6.51. The Morgan fingerprint density at radius 3 is 1.29 bits per heavy atom. The second-order valence-corrected chi connectivity index (χ2v) is 5.56. The first-order valence-electron chi connectivity index (χ1n) is 6.88. The van der Waals surface area contributed by atoms with Crippen molar-refractivity contribution in [1.29, 1.82) is 0 Å². The van der Waals surface area contributed by atoms with E-state index in [1.807, 2.05) is 0 Å². The second-order valence-electron chi connectivity index (χ2n) is 5.56. The molecule has 0 saturated heterocycles. The molecule has 0 aliphatic heterocycles. The summed E-state index contributed by atoms with van der Waals surface area (Å²) in [6.07, 6.45) is -3.68. The van der Waals surface area contributed by atoms with Crippen LogP contribution in [0, 0.1) is 0 Å². The van der Waals surface area contributed by atoms with Crippen LogP contribution in [0.3, 0.4) is 0 Å². The molecule has 0 fully saturated rings. The molecule has 0 radical (unpaired) electrons. The molecular weight excluding hydrogens is 442 g/mol. The summed E-state index contributed by atoms with van der Waals surface area (Å²) in [6.45, 7) is 1.05. The molecule has 1 N–H and O–H groups in total. The van der Waals surface area contributed by atoms with Crippen molar-refractivity contribution < 1.29 is 71.4 Å². The van der Waals surface area contributed by atoms with Crippen LogP contribution < -0.4 is 0 Å². The third-order valence-corrected chi connectivity index (χ3v) is 3.54. The predicted molar refractivity (Wildman–Crippen MR) is 61.8 cm³/mol. The van der Waals surface area contributed by atoms with E-state index in [-0.39, 0.29) is 0 Å². The molecule has 0 aliphatic rings. The first kappa shape index (κ1) is 26.5. The molecule has 0 aromatic rings. The zero-order valence-electron chi connectivity index (χ0n) is 13.3. The predicted octanol–water partition coefficient (Wildman–Crippen LogP) is 5.71. The van der Waals surface area contributed by atoms with Gasteiger partial charge in [-0.1, -0.05) is 13.3 Å². The van der Waals surface area contributed by atoms with Gasteiger partial charge in [-0.25, -0.2) is 4.79 Å². The van der Waals surface area contributed by atoms with E-state index >= 15 is 0 Å². The number of rotatable bonds is 10. The number of alkyl halides is 14. The number of unbranched alkanes of at least 4 members (excludes halogenated alkanes) is 1. The first-order chi connectivity index (χ1) is 12.0. The van der Waals surface area contributed by atoms with Gasteiger partial charge >= 0.3 is 47.4 Å². The van der Waals surface area contributed by atoms with Gasteiger partial charge in [-0.05, 0) is 6.42 Å². The quantitative estimate of drug-likeness (QED) is 0.432. The van der Waals surface area contributed by atoms with E-state index < -0.39 is 66.7 Å². The number of carbonyl (C=O) groups is 1. The highest BCUT2D eigenvalue weighted by atomic mass is 19.4. The number of carboxylic acids is 1. The van der Waals surface area contributed by atoms with Gasteiger partial charge in [0.05, 0.1) is 0 Å². The molecule has 0 aliphatic carbocycles. The summed E-state index contributed by atoms with van der Waals surface area (Å²) in [5, 5.41) is 7.73. The zero-order chi connectivity index (χ0) is 23.2. The minimum absolute atomic E-state index is 0.396. The van der Waals surface area contributed by atoms with Crippen molar-refractivity contribution in [2.24, 2.45) is 0 Å². The van der Waals surface area contributed by atoms with E-state index in [0.717, 1.165) is 6.92 Å². The molecule has 0 unspecified atom stereocenters. The van der Waals surface area contributed by atoms with Crippen molar-refractivity contribution in [2.75, 3.05) is 0 Å². The van der Waals surface area contributed by atoms with Crippen molar-refractivity contribution in [3.05, 3.63) is 0 Å². The Morgan fingerprint density at radius 2 is 0.964 bits per heavy atom. The molecule has 0 atom stereocenters. The minimum atomic E-state index is -8.23. The summed E-state index contributed by atoms with van der Waals surface area (Å²) in [5.41, 5.74) is 0. The van der Waals surface area contributed by atoms with Crippen molar-refractivity contribution in [2.45, 2.75) is 67.6 Å². The maximum absolute atomic E-state index is 13.3. The largest absolute Gasteiger partial charge is 0.477 e. The number of hydrogen-bond donors (Lipinski definition) is 1. The SMILES string of the molecule is CCCCC(F)(F)C(F)(F)C(F)(F)C(F)(F)C(F)(F)C(F)(F)C(F)(F)C(=O)O. The summed E-state index contributed by atoms with van der Waals surface area (Å²) in [4.78, 5) is 9.90. The lowest BCUT2D eigenvalue weighted by Crippen LogP contribution is -2.73. The zero-order valence-corrected chi connectivity index (χ0v) is 13.3. The standard InChI is InChI=1S/C12H10F14O2/c1-2-3-4-6(13,14)8(17,18)10(21,22)12(25,26)11(23,24)9(19,20)7(15,16)5(27)28/h2-4H2,1H3,(H,27,28). The van der Waals surface area contributed by atoms with E-state index in [1.54, 1.807) is 0 Å². The lowest BCUT2D eigenvalue weighted by Gasteiger charge is -2.42. The van der Waals surface area contributed by atoms with Gasteiger partial charge in [-0.15, -0.1) is 0 Å². The molecule has 0 heterocycles. The third-order valence-electron chi connectivity index (χ3n) is 3.54. The Morgan fingerprint density at radius 1 is 0.643 bits per heavy atom. The molecule has 0 rings (SSSR count). The van der Waals surface area contributed by atoms with Gasteiger partial charge in [-0.2, -0.15) is 61.5 Å². The van der Waals surface area contributed by atoms with Gasteiger partial charge in [0.15, 0.2) is 0 Å². The minimum Gasteiger partial charge on any atom is -0.477 e. The maximum Gasteiger partial charge on any atom is 0.410 e. The molecule has 0 bridgehead atoms. The van der Waals surface area contributed by atoms with Crippen LogP contribution >= 0.6 is 0 Å². The van der Waals surface area contributed by atoms with Crippen LogP contribution in [0.25, 0.3) is 0 Å². The van der Waals surface area contributed by atoms with Gasteiger partial charge in [0.25, 0.3) is 0 Å². The Hall–Kier alpha value is -1.51. The highest BCUT2D eigenvalue weighted by molar-refractivity contribution is 5.77. The summed E-state index contributed by atoms with van der Waals surface area (Å²) in [5.74, 6) is -57.2. The van der Waals surface area contributed by atoms with Crippen LogP contribution in [0.1, 0.15) is 26.2 Å². The van der Waals surface area contributed by atoms with Crippen molar-refractivity contribution >= 4 is 5.97 Å². The average Bonchev–Trinajstić information content (AvgIpc) is 2.51. The summed E-state index contributed by atoms with van der Waals surface area (Å²) >= 11 is 0. The molecule has 28 heavy (non-hydrogen) atoms. The fourth-order valence-electron chi connectivity index (χ4n) is 1.71. The van der Waals surface area contributed by atoms with Crippen LogP contribution in [0.4, 0.5) is 61.5 Å². The van der Waals surface area contributed by atoms with Gasteiger partial charge < -0.3 is 5.11 Å². The number of aliphatic carboxylic acids is 1. The lowest BCUT2D eigenvalue weighted by molar-refractivity contribution is -0.438. The van der Waals surface area contributed by atoms with E-state index in [2.05, 4.69) is 0 Å². The number of carboxylic acid groups (broad SMARTS) is 1. The Kier molecular flexibility index (Phi) is 6.69.